The Bertz CT molecular complexity index is 1440. The van der Waals surface area contributed by atoms with E-state index in [-0.39, 0.29) is 0 Å². The summed E-state index contributed by atoms with van der Waals surface area (Å²) in [7, 11) is 0. The summed E-state index contributed by atoms with van der Waals surface area (Å²) in [5, 5.41) is 0. The second kappa shape index (κ2) is 9.65. The topological polar surface area (TPSA) is 0 Å². The molecule has 0 heteroatoms. The van der Waals surface area contributed by atoms with E-state index in [2.05, 4.69) is 42.2 Å². The van der Waals surface area contributed by atoms with Gasteiger partial charge in [-0.1, -0.05) is 19.9 Å². The van der Waals surface area contributed by atoms with Gasteiger partial charge < -0.3 is 0 Å². The zero-order valence-electron chi connectivity index (χ0n) is 31.6. The number of hydrogen-bond donors (Lipinski definition) is 0. The van der Waals surface area contributed by atoms with Crippen molar-refractivity contribution < 1.29 is 0 Å². The molecule has 1 aromatic rings. The van der Waals surface area contributed by atoms with Crippen LogP contribution < -0.4 is 0 Å². The number of benzene rings is 1. The Morgan fingerprint density at radius 1 is 0.347 bits per heavy atom. The quantitative estimate of drug-likeness (QED) is 0.296. The third-order valence-corrected chi connectivity index (χ3v) is 20.3. The highest BCUT2D eigenvalue weighted by atomic mass is 14.7. The third-order valence-electron chi connectivity index (χ3n) is 20.3. The molecule has 0 nitrogen and oxygen atoms in total. The van der Waals surface area contributed by atoms with Gasteiger partial charge >= 0.3 is 0 Å². The van der Waals surface area contributed by atoms with Gasteiger partial charge in [0, 0.05) is 0 Å². The van der Waals surface area contributed by atoms with E-state index in [1.807, 2.05) is 5.56 Å². The molecule has 16 bridgehead atoms. The maximum atomic E-state index is 3.16. The van der Waals surface area contributed by atoms with Crippen molar-refractivity contribution in [2.45, 2.75) is 196 Å². The largest absolute Gasteiger partial charge is 0.0587 e. The molecule has 17 rings (SSSR count). The minimum atomic E-state index is 0.518. The zero-order chi connectivity index (χ0) is 32.1. The summed E-state index contributed by atoms with van der Waals surface area (Å²) in [5.41, 5.74) is 12.7. The summed E-state index contributed by atoms with van der Waals surface area (Å²) in [6, 6.07) is 3.16. The lowest BCUT2D eigenvalue weighted by Crippen LogP contribution is -2.57. The molecule has 264 valence electrons. The lowest BCUT2D eigenvalue weighted by molar-refractivity contribution is -0.0291. The van der Waals surface area contributed by atoms with E-state index in [0.717, 1.165) is 71.0 Å². The third kappa shape index (κ3) is 4.01. The molecule has 0 atom stereocenters. The first kappa shape index (κ1) is 29.6. The zero-order valence-corrected chi connectivity index (χ0v) is 31.6. The van der Waals surface area contributed by atoms with Crippen LogP contribution >= 0.6 is 0 Å². The average molecular weight is 657 g/mol. The molecule has 16 saturated carbocycles. The molecular formula is C49H68. The molecule has 0 saturated heterocycles. The van der Waals surface area contributed by atoms with Crippen molar-refractivity contribution in [2.24, 2.45) is 71.0 Å². The Kier molecular flexibility index (Phi) is 5.84. The van der Waals surface area contributed by atoms with E-state index in [1.54, 1.807) is 154 Å². The summed E-state index contributed by atoms with van der Waals surface area (Å²) >= 11 is 0. The molecule has 49 heavy (non-hydrogen) atoms. The Morgan fingerprint density at radius 2 is 0.592 bits per heavy atom. The van der Waals surface area contributed by atoms with Crippen LogP contribution in [-0.4, -0.2) is 0 Å². The van der Waals surface area contributed by atoms with Gasteiger partial charge in [-0.2, -0.15) is 0 Å². The van der Waals surface area contributed by atoms with Crippen LogP contribution in [0.4, 0.5) is 0 Å². The fraction of sp³-hybridized carbons (Fsp3) is 0.878. The summed E-state index contributed by atoms with van der Waals surface area (Å²) in [4.78, 5) is 0. The van der Waals surface area contributed by atoms with Gasteiger partial charge in [-0.15, -0.1) is 0 Å². The van der Waals surface area contributed by atoms with E-state index in [9.17, 15) is 0 Å². The van der Waals surface area contributed by atoms with Crippen LogP contribution in [0.3, 0.4) is 0 Å². The van der Waals surface area contributed by atoms with Crippen molar-refractivity contribution in [3.63, 3.8) is 0 Å². The smallest absolute Gasteiger partial charge is 0.00330 e. The van der Waals surface area contributed by atoms with E-state index < -0.39 is 0 Å². The highest BCUT2D eigenvalue weighted by molar-refractivity contribution is 5.61. The SMILES string of the molecule is CC(C)c1cc(C23CC4CC(CC(C4)C2)C3)c(C23CC4CC(CC(C4)C2)C3)c(C23CC4CC(CC(C4)C2)C3)c1C12CC3CC(CC(C3)C1)C2. The second-order valence-corrected chi connectivity index (χ2v) is 24.1. The number of hydrogen-bond acceptors (Lipinski definition) is 0. The standard InChI is InChI=1S/C49H68/c1-28(2)41-15-42(46-16-29-3-30(17-46)5-31(4-29)18-46)44(48-22-35-9-36(23-48)11-37(10-35)24-48)45(49-25-38-12-39(26-49)14-40(13-38)27-49)43(41)47-19-32-6-33(20-47)8-34(7-32)21-47/h15,28-40H,3-14,16-27H2,1-2H3. The molecule has 16 aliphatic carbocycles. The molecular weight excluding hydrogens is 589 g/mol. The molecule has 0 spiro atoms. The number of rotatable bonds is 5. The van der Waals surface area contributed by atoms with Gasteiger partial charge in [-0.25, -0.2) is 0 Å². The predicted octanol–water partition coefficient (Wildman–Crippen LogP) is 12.7. The Morgan fingerprint density at radius 3 is 0.878 bits per heavy atom. The molecule has 0 N–H and O–H groups in total. The molecule has 0 amide bonds. The monoisotopic (exact) mass is 657 g/mol. The highest BCUT2D eigenvalue weighted by Gasteiger charge is 2.63. The highest BCUT2D eigenvalue weighted by Crippen LogP contribution is 2.72. The average Bonchev–Trinajstić information content (AvgIpc) is 3.01. The molecule has 1 aromatic carbocycles. The van der Waals surface area contributed by atoms with Gasteiger partial charge in [0.2, 0.25) is 0 Å². The van der Waals surface area contributed by atoms with Crippen molar-refractivity contribution in [2.75, 3.05) is 0 Å². The van der Waals surface area contributed by atoms with E-state index >= 15 is 0 Å². The first-order valence-corrected chi connectivity index (χ1v) is 23.0. The van der Waals surface area contributed by atoms with Crippen molar-refractivity contribution in [3.8, 4) is 0 Å². The summed E-state index contributed by atoms with van der Waals surface area (Å²) in [6.45, 7) is 5.35. The van der Waals surface area contributed by atoms with Crippen LogP contribution in [0.15, 0.2) is 6.07 Å². The maximum Gasteiger partial charge on any atom is -0.00330 e. The van der Waals surface area contributed by atoms with E-state index in [4.69, 9.17) is 0 Å². The van der Waals surface area contributed by atoms with Crippen LogP contribution in [-0.2, 0) is 21.7 Å². The molecule has 0 unspecified atom stereocenters. The van der Waals surface area contributed by atoms with Crippen LogP contribution in [0.1, 0.15) is 202 Å². The minimum Gasteiger partial charge on any atom is -0.0587 e. The normalized spacial score (nSPS) is 56.6. The maximum absolute atomic E-state index is 3.16. The van der Waals surface area contributed by atoms with Crippen LogP contribution in [0.25, 0.3) is 0 Å². The van der Waals surface area contributed by atoms with Crippen molar-refractivity contribution in [1.29, 1.82) is 0 Å². The van der Waals surface area contributed by atoms with Gasteiger partial charge in [0.25, 0.3) is 0 Å². The summed E-state index contributed by atoms with van der Waals surface area (Å²) in [6.07, 6.45) is 38.2. The fourth-order valence-electron chi connectivity index (χ4n) is 20.9. The second-order valence-electron chi connectivity index (χ2n) is 24.1. The molecule has 16 fully saturated rings. The summed E-state index contributed by atoms with van der Waals surface area (Å²) < 4.78 is 0. The van der Waals surface area contributed by atoms with Crippen molar-refractivity contribution in [3.05, 3.63) is 33.9 Å². The molecule has 0 radical (unpaired) electrons. The van der Waals surface area contributed by atoms with Gasteiger partial charge in [-0.05, 0) is 281 Å². The first-order chi connectivity index (χ1) is 23.7. The summed E-state index contributed by atoms with van der Waals surface area (Å²) in [5.74, 6) is 13.2. The molecule has 16 aliphatic rings. The lowest BCUT2D eigenvalue weighted by atomic mass is 9.39. The van der Waals surface area contributed by atoms with E-state index in [1.165, 1.54) is 0 Å². The van der Waals surface area contributed by atoms with E-state index in [0.29, 0.717) is 27.6 Å². The minimum absolute atomic E-state index is 0.518. The molecule has 0 aromatic heterocycles. The Labute approximate surface area is 299 Å². The predicted molar refractivity (Wildman–Crippen MR) is 200 cm³/mol. The van der Waals surface area contributed by atoms with Gasteiger partial charge in [-0.3, -0.25) is 0 Å². The van der Waals surface area contributed by atoms with Crippen LogP contribution in [0.2, 0.25) is 0 Å². The van der Waals surface area contributed by atoms with Gasteiger partial charge in [0.05, 0.1) is 0 Å². The molecule has 0 heterocycles. The lowest BCUT2D eigenvalue weighted by Gasteiger charge is -2.65. The Balaban J connectivity index is 1.14. The molecule has 0 aliphatic heterocycles. The van der Waals surface area contributed by atoms with Gasteiger partial charge in [0.1, 0.15) is 0 Å². The van der Waals surface area contributed by atoms with Crippen molar-refractivity contribution >= 4 is 0 Å². The Hall–Kier alpha value is -0.780. The fourth-order valence-corrected chi connectivity index (χ4v) is 20.9. The van der Waals surface area contributed by atoms with Crippen LogP contribution in [0.5, 0.6) is 0 Å². The van der Waals surface area contributed by atoms with Crippen LogP contribution in [0, 0.1) is 71.0 Å². The first-order valence-electron chi connectivity index (χ1n) is 23.0. The van der Waals surface area contributed by atoms with Gasteiger partial charge in [0.15, 0.2) is 0 Å². The van der Waals surface area contributed by atoms with Crippen molar-refractivity contribution in [1.82, 2.24) is 0 Å².